The number of nitrogens with one attached hydrogen (secondary N) is 3. The monoisotopic (exact) mass is 655 g/mol. The minimum atomic E-state index is -1.10. The highest BCUT2D eigenvalue weighted by atomic mass is 35.5. The number of hydrogen-bond acceptors (Lipinski definition) is 6. The Morgan fingerprint density at radius 3 is 2.42 bits per heavy atom. The SMILES string of the molecule is COc1cc(-c2cccc(-c3cccc(NC(=O)C4CN(C)C(=O)N(C)C4=O)c3Cl)c2Cl)cc(F)c1CNC[C@@H]1CCC(=O)N1. The predicted molar refractivity (Wildman–Crippen MR) is 170 cm³/mol. The lowest BCUT2D eigenvalue weighted by Gasteiger charge is -2.33. The summed E-state index contributed by atoms with van der Waals surface area (Å²) < 4.78 is 21.0. The zero-order chi connectivity index (χ0) is 32.4. The molecule has 45 heavy (non-hydrogen) atoms. The molecule has 3 aromatic carbocycles. The average Bonchev–Trinajstić information content (AvgIpc) is 3.44. The van der Waals surface area contributed by atoms with Crippen LogP contribution in [0.5, 0.6) is 5.75 Å². The number of ether oxygens (including phenoxy) is 1. The first-order chi connectivity index (χ1) is 21.5. The summed E-state index contributed by atoms with van der Waals surface area (Å²) in [5.74, 6) is -2.43. The number of anilines is 1. The predicted octanol–water partition coefficient (Wildman–Crippen LogP) is 4.92. The van der Waals surface area contributed by atoms with Crippen molar-refractivity contribution >= 4 is 52.6 Å². The molecule has 1 unspecified atom stereocenters. The standard InChI is InChI=1S/C32H32Cl2FN5O5/c1-39-16-23(31(43)40(2)32(39)44)30(42)38-25-9-5-8-21(29(25)34)20-7-4-6-19(28(20)33)17-12-24(35)22(26(13-17)45-3)15-36-14-18-10-11-27(41)37-18/h4-9,12-13,18,23,36H,10-11,14-16H2,1-3H3,(H,37,41)(H,38,42)/t18-,23?/m0/s1. The molecule has 5 amide bonds. The van der Waals surface area contributed by atoms with Gasteiger partial charge in [0.15, 0.2) is 0 Å². The van der Waals surface area contributed by atoms with Crippen LogP contribution in [-0.2, 0) is 20.9 Å². The van der Waals surface area contributed by atoms with Gasteiger partial charge in [0.25, 0.3) is 0 Å². The van der Waals surface area contributed by atoms with Gasteiger partial charge in [0.2, 0.25) is 17.7 Å². The molecule has 3 aromatic rings. The summed E-state index contributed by atoms with van der Waals surface area (Å²) in [7, 11) is 4.30. The maximum absolute atomic E-state index is 15.4. The highest BCUT2D eigenvalue weighted by Gasteiger charge is 2.39. The second-order valence-electron chi connectivity index (χ2n) is 11.0. The molecule has 2 heterocycles. The summed E-state index contributed by atoms with van der Waals surface area (Å²) >= 11 is 13.7. The average molecular weight is 657 g/mol. The van der Waals surface area contributed by atoms with Gasteiger partial charge in [-0.1, -0.05) is 53.5 Å². The molecule has 13 heteroatoms. The van der Waals surface area contributed by atoms with Gasteiger partial charge >= 0.3 is 6.03 Å². The molecule has 10 nitrogen and oxygen atoms in total. The number of carbonyl (C=O) groups excluding carboxylic acids is 4. The smallest absolute Gasteiger partial charge is 0.326 e. The fourth-order valence-electron chi connectivity index (χ4n) is 5.55. The fraction of sp³-hybridized carbons (Fsp3) is 0.312. The van der Waals surface area contributed by atoms with E-state index in [2.05, 4.69) is 16.0 Å². The van der Waals surface area contributed by atoms with E-state index in [4.69, 9.17) is 27.9 Å². The van der Waals surface area contributed by atoms with Crippen molar-refractivity contribution in [1.29, 1.82) is 0 Å². The van der Waals surface area contributed by atoms with Crippen LogP contribution in [0.4, 0.5) is 14.9 Å². The van der Waals surface area contributed by atoms with Crippen molar-refractivity contribution in [3.05, 3.63) is 70.0 Å². The van der Waals surface area contributed by atoms with Gasteiger partial charge in [-0.15, -0.1) is 0 Å². The topological polar surface area (TPSA) is 120 Å². The summed E-state index contributed by atoms with van der Waals surface area (Å²) in [6, 6.07) is 12.9. The molecule has 2 saturated heterocycles. The maximum atomic E-state index is 15.4. The van der Waals surface area contributed by atoms with Gasteiger partial charge in [0.05, 0.1) is 22.8 Å². The van der Waals surface area contributed by atoms with E-state index < -0.39 is 29.6 Å². The molecule has 2 aliphatic rings. The van der Waals surface area contributed by atoms with Gasteiger partial charge < -0.3 is 25.6 Å². The highest BCUT2D eigenvalue weighted by molar-refractivity contribution is 6.39. The van der Waals surface area contributed by atoms with Gasteiger partial charge in [-0.2, -0.15) is 0 Å². The fourth-order valence-corrected chi connectivity index (χ4v) is 6.16. The van der Waals surface area contributed by atoms with Crippen molar-refractivity contribution in [2.24, 2.45) is 5.92 Å². The molecular weight excluding hydrogens is 624 g/mol. The first kappa shape index (κ1) is 32.2. The number of methoxy groups -OCH3 is 1. The molecule has 0 bridgehead atoms. The molecule has 2 aliphatic heterocycles. The first-order valence-corrected chi connectivity index (χ1v) is 15.0. The number of amides is 5. The third-order valence-electron chi connectivity index (χ3n) is 8.02. The molecule has 2 fully saturated rings. The van der Waals surface area contributed by atoms with Gasteiger partial charge in [-0.05, 0) is 30.2 Å². The number of nitrogens with zero attached hydrogens (tertiary/aromatic N) is 2. The van der Waals surface area contributed by atoms with Crippen molar-refractivity contribution in [2.75, 3.05) is 39.6 Å². The van der Waals surface area contributed by atoms with Crippen LogP contribution < -0.4 is 20.7 Å². The van der Waals surface area contributed by atoms with E-state index in [1.807, 2.05) is 0 Å². The number of carbonyl (C=O) groups is 4. The van der Waals surface area contributed by atoms with Crippen LogP contribution in [0.25, 0.3) is 22.3 Å². The van der Waals surface area contributed by atoms with Crippen LogP contribution in [0.15, 0.2) is 48.5 Å². The Kier molecular flexibility index (Phi) is 9.62. The number of rotatable bonds is 9. The summed E-state index contributed by atoms with van der Waals surface area (Å²) in [5, 5.41) is 9.28. The van der Waals surface area contributed by atoms with E-state index in [0.717, 1.165) is 11.3 Å². The Hall–Kier alpha value is -4.19. The second kappa shape index (κ2) is 13.4. The third-order valence-corrected chi connectivity index (χ3v) is 8.84. The van der Waals surface area contributed by atoms with Crippen molar-refractivity contribution in [2.45, 2.75) is 25.4 Å². The Bertz CT molecular complexity index is 1690. The summed E-state index contributed by atoms with van der Waals surface area (Å²) in [4.78, 5) is 51.5. The lowest BCUT2D eigenvalue weighted by molar-refractivity contribution is -0.140. The van der Waals surface area contributed by atoms with Crippen LogP contribution >= 0.6 is 23.2 Å². The lowest BCUT2D eigenvalue weighted by Crippen LogP contribution is -2.56. The number of imide groups is 1. The summed E-state index contributed by atoms with van der Waals surface area (Å²) in [6.07, 6.45) is 1.22. The normalized spacial score (nSPS) is 18.3. The molecule has 3 N–H and O–H groups in total. The van der Waals surface area contributed by atoms with Crippen molar-refractivity contribution in [3.63, 3.8) is 0 Å². The van der Waals surface area contributed by atoms with Crippen LogP contribution in [0.1, 0.15) is 18.4 Å². The first-order valence-electron chi connectivity index (χ1n) is 14.3. The van der Waals surface area contributed by atoms with Crippen LogP contribution in [-0.4, -0.2) is 73.9 Å². The van der Waals surface area contributed by atoms with Crippen LogP contribution in [0.2, 0.25) is 10.0 Å². The summed E-state index contributed by atoms with van der Waals surface area (Å²) in [6.45, 7) is 0.653. The van der Waals surface area contributed by atoms with E-state index in [9.17, 15) is 19.2 Å². The lowest BCUT2D eigenvalue weighted by atomic mass is 9.97. The zero-order valence-electron chi connectivity index (χ0n) is 24.9. The number of halogens is 3. The van der Waals surface area contributed by atoms with Gasteiger partial charge in [0, 0.05) is 68.4 Å². The molecule has 0 saturated carbocycles. The van der Waals surface area contributed by atoms with E-state index in [1.54, 1.807) is 42.5 Å². The molecular formula is C32H32Cl2FN5O5. The second-order valence-corrected chi connectivity index (χ2v) is 11.8. The Morgan fingerprint density at radius 2 is 1.73 bits per heavy atom. The van der Waals surface area contributed by atoms with Crippen molar-refractivity contribution in [1.82, 2.24) is 20.4 Å². The largest absolute Gasteiger partial charge is 0.496 e. The zero-order valence-corrected chi connectivity index (χ0v) is 26.4. The molecule has 0 aromatic heterocycles. The minimum absolute atomic E-state index is 0.00912. The van der Waals surface area contributed by atoms with Crippen LogP contribution in [0, 0.1) is 11.7 Å². The molecule has 0 radical (unpaired) electrons. The minimum Gasteiger partial charge on any atom is -0.496 e. The molecule has 5 rings (SSSR count). The molecule has 0 spiro atoms. The Morgan fingerprint density at radius 1 is 1.04 bits per heavy atom. The Balaban J connectivity index is 1.38. The molecule has 236 valence electrons. The Labute approximate surface area is 269 Å². The highest BCUT2D eigenvalue weighted by Crippen LogP contribution is 2.42. The number of hydrogen-bond donors (Lipinski definition) is 3. The number of urea groups is 1. The molecule has 2 atom stereocenters. The van der Waals surface area contributed by atoms with E-state index in [-0.39, 0.29) is 35.7 Å². The number of benzene rings is 3. The van der Waals surface area contributed by atoms with Gasteiger partial charge in [-0.3, -0.25) is 19.3 Å². The third kappa shape index (κ3) is 6.61. The van der Waals surface area contributed by atoms with Gasteiger partial charge in [0.1, 0.15) is 17.5 Å². The van der Waals surface area contributed by atoms with Crippen LogP contribution in [0.3, 0.4) is 0 Å². The quantitative estimate of drug-likeness (QED) is 0.282. The van der Waals surface area contributed by atoms with Gasteiger partial charge in [-0.25, -0.2) is 9.18 Å². The van der Waals surface area contributed by atoms with Crippen molar-refractivity contribution < 1.29 is 28.3 Å². The van der Waals surface area contributed by atoms with Crippen molar-refractivity contribution in [3.8, 4) is 28.0 Å². The maximum Gasteiger partial charge on any atom is 0.326 e. The summed E-state index contributed by atoms with van der Waals surface area (Å²) in [5.41, 5.74) is 2.68. The molecule has 0 aliphatic carbocycles. The van der Waals surface area contributed by atoms with E-state index in [0.29, 0.717) is 51.6 Å². The van der Waals surface area contributed by atoms with E-state index >= 15 is 4.39 Å². The van der Waals surface area contributed by atoms with E-state index in [1.165, 1.54) is 32.2 Å².